The van der Waals surface area contributed by atoms with Gasteiger partial charge in [0.1, 0.15) is 24.8 Å². The van der Waals surface area contributed by atoms with Crippen molar-refractivity contribution in [1.82, 2.24) is 10.2 Å². The van der Waals surface area contributed by atoms with Gasteiger partial charge in [0.2, 0.25) is 5.91 Å². The van der Waals surface area contributed by atoms with E-state index < -0.39 is 35.9 Å². The lowest BCUT2D eigenvalue weighted by atomic mass is 10.1. The number of hydrogen-bond donors (Lipinski definition) is 1. The Morgan fingerprint density at radius 3 is 2.26 bits per heavy atom. The zero-order valence-corrected chi connectivity index (χ0v) is 21.4. The van der Waals surface area contributed by atoms with E-state index in [2.05, 4.69) is 10.2 Å². The van der Waals surface area contributed by atoms with Gasteiger partial charge in [-0.2, -0.15) is 0 Å². The van der Waals surface area contributed by atoms with Gasteiger partial charge < -0.3 is 29.2 Å². The number of carbonyl (C=O) groups excluding carboxylic acids is 3. The zero-order valence-electron chi connectivity index (χ0n) is 21.4. The van der Waals surface area contributed by atoms with Crippen LogP contribution in [0.3, 0.4) is 0 Å². The first kappa shape index (κ1) is 30.3. The van der Waals surface area contributed by atoms with E-state index in [1.165, 1.54) is 26.2 Å². The van der Waals surface area contributed by atoms with Crippen molar-refractivity contribution in [3.8, 4) is 0 Å². The highest BCUT2D eigenvalue weighted by Gasteiger charge is 2.31. The van der Waals surface area contributed by atoms with E-state index in [9.17, 15) is 14.4 Å². The van der Waals surface area contributed by atoms with Gasteiger partial charge in [-0.1, -0.05) is 30.3 Å². The number of carbonyl (C=O) groups is 3. The van der Waals surface area contributed by atoms with Crippen molar-refractivity contribution >= 4 is 18.0 Å². The lowest BCUT2D eigenvalue weighted by Gasteiger charge is -2.30. The average Bonchev–Trinajstić information content (AvgIpc) is 2.81. The van der Waals surface area contributed by atoms with E-state index >= 15 is 0 Å². The van der Waals surface area contributed by atoms with Gasteiger partial charge in [0.25, 0.3) is 0 Å². The van der Waals surface area contributed by atoms with Gasteiger partial charge in [0.05, 0.1) is 20.3 Å². The lowest BCUT2D eigenvalue weighted by molar-refractivity contribution is -0.272. The number of rotatable bonds is 15. The molecular weight excluding hydrogens is 460 g/mol. The largest absolute Gasteiger partial charge is 0.459 e. The lowest BCUT2D eigenvalue weighted by Crippen LogP contribution is -2.52. The molecular formula is C24H38N2O9. The second kappa shape index (κ2) is 16.0. The molecule has 1 rings (SSSR count). The summed E-state index contributed by atoms with van der Waals surface area (Å²) < 4.78 is 21.0. The maximum Gasteiger partial charge on any atom is 0.408 e. The normalized spacial score (nSPS) is 12.2. The molecule has 198 valence electrons. The van der Waals surface area contributed by atoms with E-state index in [1.807, 2.05) is 30.3 Å². The first-order valence-electron chi connectivity index (χ1n) is 11.3. The van der Waals surface area contributed by atoms with Crippen LogP contribution in [-0.4, -0.2) is 81.8 Å². The van der Waals surface area contributed by atoms with Crippen molar-refractivity contribution in [1.29, 1.82) is 0 Å². The third-order valence-corrected chi connectivity index (χ3v) is 4.59. The Morgan fingerprint density at radius 1 is 1.03 bits per heavy atom. The summed E-state index contributed by atoms with van der Waals surface area (Å²) in [5.74, 6) is -1.13. The maximum atomic E-state index is 13.5. The van der Waals surface area contributed by atoms with Crippen LogP contribution < -0.4 is 5.32 Å². The maximum absolute atomic E-state index is 13.5. The van der Waals surface area contributed by atoms with Crippen LogP contribution in [-0.2, 0) is 44.9 Å². The molecule has 0 bridgehead atoms. The Bertz CT molecular complexity index is 764. The molecule has 2 amide bonds. The molecule has 0 aliphatic heterocycles. The van der Waals surface area contributed by atoms with Crippen LogP contribution in [0.5, 0.6) is 0 Å². The number of nitrogens with one attached hydrogen (secondary N) is 1. The first-order valence-corrected chi connectivity index (χ1v) is 11.3. The summed E-state index contributed by atoms with van der Waals surface area (Å²) in [5, 5.41) is 2.59. The van der Waals surface area contributed by atoms with Gasteiger partial charge in [0.15, 0.2) is 6.29 Å². The molecule has 0 aliphatic rings. The van der Waals surface area contributed by atoms with Crippen molar-refractivity contribution in [2.24, 2.45) is 0 Å². The second-order valence-corrected chi connectivity index (χ2v) is 8.60. The number of alkyl carbamates (subject to hydrolysis) is 1. The molecule has 0 aromatic heterocycles. The highest BCUT2D eigenvalue weighted by molar-refractivity contribution is 5.88. The molecule has 1 aromatic rings. The van der Waals surface area contributed by atoms with E-state index in [0.29, 0.717) is 6.42 Å². The van der Waals surface area contributed by atoms with Gasteiger partial charge in [-0.3, -0.25) is 9.59 Å². The summed E-state index contributed by atoms with van der Waals surface area (Å²) in [6, 6.07) is 8.14. The predicted octanol–water partition coefficient (Wildman–Crippen LogP) is 2.43. The number of methoxy groups -OCH3 is 2. The molecule has 0 heterocycles. The Balaban J connectivity index is 2.97. The molecule has 0 unspecified atom stereocenters. The number of esters is 1. The molecule has 35 heavy (non-hydrogen) atoms. The fourth-order valence-electron chi connectivity index (χ4n) is 3.00. The summed E-state index contributed by atoms with van der Waals surface area (Å²) >= 11 is 0. The minimum atomic E-state index is -1.00. The highest BCUT2D eigenvalue weighted by atomic mass is 17.2. The quantitative estimate of drug-likeness (QED) is 0.128. The molecule has 1 aromatic carbocycles. The van der Waals surface area contributed by atoms with Gasteiger partial charge in [0, 0.05) is 14.2 Å². The zero-order chi connectivity index (χ0) is 26.3. The Labute approximate surface area is 206 Å². The summed E-state index contributed by atoms with van der Waals surface area (Å²) in [7, 11) is 4.21. The van der Waals surface area contributed by atoms with E-state index in [0.717, 1.165) is 5.56 Å². The van der Waals surface area contributed by atoms with Crippen molar-refractivity contribution in [2.75, 3.05) is 41.0 Å². The monoisotopic (exact) mass is 498 g/mol. The second-order valence-electron chi connectivity index (χ2n) is 8.60. The molecule has 0 saturated heterocycles. The van der Waals surface area contributed by atoms with Crippen LogP contribution in [0.4, 0.5) is 4.79 Å². The fourth-order valence-corrected chi connectivity index (χ4v) is 3.00. The molecule has 11 nitrogen and oxygen atoms in total. The number of amides is 2. The number of nitrogens with zero attached hydrogens (tertiary/aromatic N) is 1. The van der Waals surface area contributed by atoms with Gasteiger partial charge >= 0.3 is 12.1 Å². The molecule has 0 spiro atoms. The molecule has 0 aliphatic carbocycles. The number of hydrogen-bond acceptors (Lipinski definition) is 9. The first-order chi connectivity index (χ1) is 16.6. The van der Waals surface area contributed by atoms with Gasteiger partial charge in [-0.05, 0) is 39.2 Å². The minimum Gasteiger partial charge on any atom is -0.459 e. The molecule has 1 N–H and O–H groups in total. The molecule has 0 radical (unpaired) electrons. The van der Waals surface area contributed by atoms with Crippen molar-refractivity contribution in [3.05, 3.63) is 35.9 Å². The van der Waals surface area contributed by atoms with Crippen molar-refractivity contribution in [3.63, 3.8) is 0 Å². The predicted molar refractivity (Wildman–Crippen MR) is 126 cm³/mol. The smallest absolute Gasteiger partial charge is 0.408 e. The Morgan fingerprint density at radius 2 is 1.69 bits per heavy atom. The molecule has 0 fully saturated rings. The molecule has 0 saturated carbocycles. The standard InChI is InChI=1S/C24H38N2O9/c1-24(2,3)35-20(27)15-26(16-21(30-4)31-5)22(28)19(13-10-14-34-32-6)25-23(29)33-17-18-11-8-7-9-12-18/h7-9,11-12,19,21H,10,13-17H2,1-6H3,(H,25,29)/t19-/m1/s1. The van der Waals surface area contributed by atoms with Crippen LogP contribution in [0.15, 0.2) is 30.3 Å². The minimum absolute atomic E-state index is 0.0391. The SMILES string of the molecule is COOCCC[C@@H](NC(=O)OCc1ccccc1)C(=O)N(CC(=O)OC(C)(C)C)CC(OC)OC. The van der Waals surface area contributed by atoms with Gasteiger partial charge in [-0.15, -0.1) is 0 Å². The summed E-state index contributed by atoms with van der Waals surface area (Å²) in [5.41, 5.74) is 0.0676. The number of ether oxygens (including phenoxy) is 4. The van der Waals surface area contributed by atoms with Crippen molar-refractivity contribution < 1.29 is 43.1 Å². The topological polar surface area (TPSA) is 122 Å². The van der Waals surface area contributed by atoms with E-state index in [1.54, 1.807) is 20.8 Å². The van der Waals surface area contributed by atoms with E-state index in [-0.39, 0.29) is 32.7 Å². The van der Waals surface area contributed by atoms with Crippen LogP contribution in [0, 0.1) is 0 Å². The molecule has 1 atom stereocenters. The summed E-state index contributed by atoms with van der Waals surface area (Å²) in [4.78, 5) is 49.1. The Hall–Kier alpha value is -2.73. The summed E-state index contributed by atoms with van der Waals surface area (Å²) in [6.45, 7) is 5.01. The van der Waals surface area contributed by atoms with Gasteiger partial charge in [-0.25, -0.2) is 14.6 Å². The fraction of sp³-hybridized carbons (Fsp3) is 0.625. The van der Waals surface area contributed by atoms with Crippen LogP contribution in [0.2, 0.25) is 0 Å². The number of benzene rings is 1. The van der Waals surface area contributed by atoms with Crippen LogP contribution in [0.1, 0.15) is 39.2 Å². The Kier molecular flexibility index (Phi) is 13.9. The van der Waals surface area contributed by atoms with Crippen LogP contribution in [0.25, 0.3) is 0 Å². The third kappa shape index (κ3) is 13.1. The third-order valence-electron chi connectivity index (χ3n) is 4.59. The highest BCUT2D eigenvalue weighted by Crippen LogP contribution is 2.11. The summed E-state index contributed by atoms with van der Waals surface area (Å²) in [6.07, 6.45) is -0.962. The van der Waals surface area contributed by atoms with Crippen molar-refractivity contribution in [2.45, 2.75) is 58.2 Å². The van der Waals surface area contributed by atoms with Crippen LogP contribution >= 0.6 is 0 Å². The molecule has 11 heteroatoms. The average molecular weight is 499 g/mol. The van der Waals surface area contributed by atoms with E-state index in [4.69, 9.17) is 23.8 Å².